The van der Waals surface area contributed by atoms with E-state index in [1.807, 2.05) is 18.2 Å². The van der Waals surface area contributed by atoms with E-state index >= 15 is 0 Å². The summed E-state index contributed by atoms with van der Waals surface area (Å²) in [6.45, 7) is 3.22. The normalized spacial score (nSPS) is 20.3. The first-order valence-corrected chi connectivity index (χ1v) is 11.6. The van der Waals surface area contributed by atoms with E-state index < -0.39 is 5.82 Å². The van der Waals surface area contributed by atoms with Gasteiger partial charge in [-0.15, -0.1) is 11.3 Å². The number of ether oxygens (including phenoxy) is 1. The molecular weight excluding hydrogens is 443 g/mol. The number of benzene rings is 1. The number of likely N-dealkylation sites (N-methyl/N-ethyl adjacent to an activating group) is 1. The van der Waals surface area contributed by atoms with Crippen LogP contribution in [0, 0.1) is 11.7 Å². The second-order valence-electron chi connectivity index (χ2n) is 8.84. The number of hydrogen-bond acceptors (Lipinski definition) is 7. The molecule has 1 aromatic carbocycles. The number of thiophene rings is 1. The van der Waals surface area contributed by atoms with Crippen molar-refractivity contribution in [3.63, 3.8) is 0 Å². The molecule has 170 valence electrons. The largest absolute Gasteiger partial charge is 0.491 e. The van der Waals surface area contributed by atoms with Crippen molar-refractivity contribution in [2.45, 2.75) is 6.04 Å². The van der Waals surface area contributed by atoms with Gasteiger partial charge in [0.25, 0.3) is 5.91 Å². The summed E-state index contributed by atoms with van der Waals surface area (Å²) in [6.07, 6.45) is 1.70. The molecule has 1 amide bonds. The van der Waals surface area contributed by atoms with E-state index in [4.69, 9.17) is 9.72 Å². The number of pyridine rings is 1. The molecule has 2 aliphatic rings. The maximum atomic E-state index is 14.9. The molecule has 0 spiro atoms. The van der Waals surface area contributed by atoms with Crippen LogP contribution in [0.5, 0.6) is 5.75 Å². The molecule has 8 nitrogen and oxygen atoms in total. The van der Waals surface area contributed by atoms with Crippen molar-refractivity contribution < 1.29 is 13.9 Å². The molecule has 33 heavy (non-hydrogen) atoms. The number of halogens is 1. The number of anilines is 2. The van der Waals surface area contributed by atoms with Gasteiger partial charge in [-0.1, -0.05) is 0 Å². The summed E-state index contributed by atoms with van der Waals surface area (Å²) in [7, 11) is 5.24. The Kier molecular flexibility index (Phi) is 4.56. The Labute approximate surface area is 193 Å². The zero-order valence-corrected chi connectivity index (χ0v) is 19.3. The third-order valence-electron chi connectivity index (χ3n) is 6.57. The average molecular weight is 467 g/mol. The first-order chi connectivity index (χ1) is 15.9. The lowest BCUT2D eigenvalue weighted by Crippen LogP contribution is -2.56. The first kappa shape index (κ1) is 20.4. The van der Waals surface area contributed by atoms with Crippen molar-refractivity contribution in [1.82, 2.24) is 19.7 Å². The van der Waals surface area contributed by atoms with Crippen molar-refractivity contribution in [1.29, 1.82) is 0 Å². The molecule has 1 N–H and O–H groups in total. The summed E-state index contributed by atoms with van der Waals surface area (Å²) in [5.41, 5.74) is 0.469. The van der Waals surface area contributed by atoms with E-state index in [1.54, 1.807) is 19.3 Å². The molecule has 2 saturated heterocycles. The summed E-state index contributed by atoms with van der Waals surface area (Å²) >= 11 is 1.33. The minimum Gasteiger partial charge on any atom is -0.491 e. The SMILES string of the molecule is COc1c(NC(=O)c2cc3ccc(N4C[C@@H]5CN(C)C[C@@H]54)nc3s2)cc2cn(C)nc2c1F. The van der Waals surface area contributed by atoms with Gasteiger partial charge in [0.05, 0.1) is 17.7 Å². The van der Waals surface area contributed by atoms with Gasteiger partial charge in [0.1, 0.15) is 16.2 Å². The molecule has 0 unspecified atom stereocenters. The number of carbonyl (C=O) groups excluding carboxylic acids is 1. The molecule has 3 aromatic heterocycles. The van der Waals surface area contributed by atoms with E-state index in [9.17, 15) is 9.18 Å². The van der Waals surface area contributed by atoms with Gasteiger partial charge < -0.3 is 19.9 Å². The van der Waals surface area contributed by atoms with Crippen LogP contribution in [0.2, 0.25) is 0 Å². The molecule has 0 aliphatic carbocycles. The summed E-state index contributed by atoms with van der Waals surface area (Å²) in [4.78, 5) is 23.9. The number of hydrogen-bond donors (Lipinski definition) is 1. The number of aromatic nitrogens is 3. The van der Waals surface area contributed by atoms with Gasteiger partial charge >= 0.3 is 0 Å². The molecular formula is C23H23FN6O2S. The molecule has 5 heterocycles. The standard InChI is InChI=1S/C23H23FN6O2S/c1-28-8-14-10-30(16(14)11-28)18-5-4-12-7-17(33-23(12)26-18)22(31)25-15-6-13-9-29(2)27-20(13)19(24)21(15)32-3/h4-7,9,14,16H,8,10-11H2,1-3H3,(H,25,31)/t14-,16-/m0/s1. The van der Waals surface area contributed by atoms with Crippen LogP contribution >= 0.6 is 11.3 Å². The van der Waals surface area contributed by atoms with Crippen LogP contribution in [0.25, 0.3) is 21.1 Å². The van der Waals surface area contributed by atoms with Gasteiger partial charge in [-0.2, -0.15) is 5.10 Å². The van der Waals surface area contributed by atoms with Crippen LogP contribution in [-0.2, 0) is 7.05 Å². The van der Waals surface area contributed by atoms with Crippen molar-refractivity contribution in [2.24, 2.45) is 13.0 Å². The van der Waals surface area contributed by atoms with Gasteiger partial charge in [0.15, 0.2) is 11.6 Å². The number of amides is 1. The molecule has 0 radical (unpaired) electrons. The predicted octanol–water partition coefficient (Wildman–Crippen LogP) is 3.33. The zero-order chi connectivity index (χ0) is 22.9. The van der Waals surface area contributed by atoms with Crippen molar-refractivity contribution in [3.05, 3.63) is 41.2 Å². The lowest BCUT2D eigenvalue weighted by atomic mass is 9.92. The summed E-state index contributed by atoms with van der Waals surface area (Å²) in [6, 6.07) is 8.05. The number of carbonyl (C=O) groups is 1. The molecule has 2 atom stereocenters. The quantitative estimate of drug-likeness (QED) is 0.497. The third-order valence-corrected chi connectivity index (χ3v) is 7.61. The molecule has 2 aliphatic heterocycles. The number of nitrogens with zero attached hydrogens (tertiary/aromatic N) is 5. The number of nitrogens with one attached hydrogen (secondary N) is 1. The Morgan fingerprint density at radius 2 is 2.06 bits per heavy atom. The minimum absolute atomic E-state index is 0.0371. The second kappa shape index (κ2) is 7.39. The lowest BCUT2D eigenvalue weighted by molar-refractivity contribution is 0.103. The number of likely N-dealkylation sites (tertiary alicyclic amines) is 1. The molecule has 2 fully saturated rings. The fourth-order valence-electron chi connectivity index (χ4n) is 5.00. The van der Waals surface area contributed by atoms with Crippen LogP contribution in [0.15, 0.2) is 30.5 Å². The molecule has 10 heteroatoms. The average Bonchev–Trinajstić information content (AvgIpc) is 3.44. The van der Waals surface area contributed by atoms with Gasteiger partial charge in [-0.3, -0.25) is 9.48 Å². The highest BCUT2D eigenvalue weighted by Crippen LogP contribution is 2.37. The number of rotatable bonds is 4. The predicted molar refractivity (Wildman–Crippen MR) is 127 cm³/mol. The Bertz CT molecular complexity index is 1420. The fraction of sp³-hybridized carbons (Fsp3) is 0.348. The third kappa shape index (κ3) is 3.24. The zero-order valence-electron chi connectivity index (χ0n) is 18.5. The van der Waals surface area contributed by atoms with E-state index in [0.717, 1.165) is 35.7 Å². The van der Waals surface area contributed by atoms with Gasteiger partial charge in [0.2, 0.25) is 0 Å². The van der Waals surface area contributed by atoms with Crippen molar-refractivity contribution >= 4 is 49.9 Å². The molecule has 4 aromatic rings. The maximum absolute atomic E-state index is 14.9. The molecule has 0 saturated carbocycles. The lowest BCUT2D eigenvalue weighted by Gasteiger charge is -2.44. The highest BCUT2D eigenvalue weighted by molar-refractivity contribution is 7.20. The highest BCUT2D eigenvalue weighted by Gasteiger charge is 2.45. The summed E-state index contributed by atoms with van der Waals surface area (Å²) in [5.74, 6) is 0.703. The monoisotopic (exact) mass is 466 g/mol. The van der Waals surface area contributed by atoms with Crippen LogP contribution in [-0.4, -0.2) is 65.4 Å². The van der Waals surface area contributed by atoms with Crippen LogP contribution in [0.1, 0.15) is 9.67 Å². The number of methoxy groups -OCH3 is 1. The van der Waals surface area contributed by atoms with E-state index in [2.05, 4.69) is 27.3 Å². The summed E-state index contributed by atoms with van der Waals surface area (Å²) < 4.78 is 21.6. The number of fused-ring (bicyclic) bond motifs is 3. The smallest absolute Gasteiger partial charge is 0.265 e. The van der Waals surface area contributed by atoms with Gasteiger partial charge in [-0.25, -0.2) is 9.37 Å². The van der Waals surface area contributed by atoms with E-state index in [-0.39, 0.29) is 22.9 Å². The van der Waals surface area contributed by atoms with Crippen LogP contribution < -0.4 is 15.0 Å². The van der Waals surface area contributed by atoms with Crippen LogP contribution in [0.4, 0.5) is 15.9 Å². The van der Waals surface area contributed by atoms with Crippen LogP contribution in [0.3, 0.4) is 0 Å². The fourth-order valence-corrected chi connectivity index (χ4v) is 5.92. The summed E-state index contributed by atoms with van der Waals surface area (Å²) in [5, 5.41) is 8.42. The Hall–Kier alpha value is -3.24. The minimum atomic E-state index is -0.598. The molecule has 6 rings (SSSR count). The van der Waals surface area contributed by atoms with Gasteiger partial charge in [-0.05, 0) is 31.3 Å². The maximum Gasteiger partial charge on any atom is 0.265 e. The first-order valence-electron chi connectivity index (χ1n) is 10.8. The Balaban J connectivity index is 1.28. The topological polar surface area (TPSA) is 75.5 Å². The van der Waals surface area contributed by atoms with E-state index in [0.29, 0.717) is 22.2 Å². The van der Waals surface area contributed by atoms with Gasteiger partial charge in [0, 0.05) is 55.6 Å². The molecule has 0 bridgehead atoms. The highest BCUT2D eigenvalue weighted by atomic mass is 32.1. The van der Waals surface area contributed by atoms with Crippen molar-refractivity contribution in [3.8, 4) is 5.75 Å². The second-order valence-corrected chi connectivity index (χ2v) is 9.87. The van der Waals surface area contributed by atoms with E-state index in [1.165, 1.54) is 23.1 Å². The Morgan fingerprint density at radius 3 is 2.85 bits per heavy atom. The van der Waals surface area contributed by atoms with Crippen molar-refractivity contribution in [2.75, 3.05) is 44.0 Å². The number of aryl methyl sites for hydroxylation is 1. The Morgan fingerprint density at radius 1 is 1.21 bits per heavy atom.